The van der Waals surface area contributed by atoms with Gasteiger partial charge >= 0.3 is 0 Å². The lowest BCUT2D eigenvalue weighted by molar-refractivity contribution is 0.127. The maximum Gasteiger partial charge on any atom is 0.151 e. The largest absolute Gasteiger partial charge is 0.397 e. The van der Waals surface area contributed by atoms with Gasteiger partial charge in [0.1, 0.15) is 5.62 Å². The van der Waals surface area contributed by atoms with Crippen molar-refractivity contribution in [1.29, 1.82) is 0 Å². The van der Waals surface area contributed by atoms with Gasteiger partial charge in [-0.1, -0.05) is 18.2 Å². The number of nitrogens with two attached hydrogens (primary N) is 1. The average molecular weight is 237 g/mol. The van der Waals surface area contributed by atoms with E-state index in [0.717, 1.165) is 5.56 Å². The quantitative estimate of drug-likeness (QED) is 0.531. The number of hydrogen-bond donors (Lipinski definition) is 2. The summed E-state index contributed by atoms with van der Waals surface area (Å²) in [6, 6.07) is 9.08. The molecule has 0 amide bonds. The Morgan fingerprint density at radius 2 is 2.11 bits per heavy atom. The maximum atomic E-state index is 10.5. The summed E-state index contributed by atoms with van der Waals surface area (Å²) in [7, 11) is 7.72. The van der Waals surface area contributed by atoms with Crippen LogP contribution in [0, 0.1) is 0 Å². The van der Waals surface area contributed by atoms with Crippen LogP contribution in [0.4, 0.5) is 11.4 Å². The van der Waals surface area contributed by atoms with Gasteiger partial charge in [-0.05, 0) is 12.1 Å². The summed E-state index contributed by atoms with van der Waals surface area (Å²) in [6.45, 7) is 0. The standard InChI is InChI=1S/C13H12BN3O/c1-17-12-8(4-2-6-10(12)15)11-9(13(17,14)18)5-3-7-16-11/h2-7,18H,15H2,1H3. The van der Waals surface area contributed by atoms with Crippen LogP contribution < -0.4 is 10.6 Å². The molecule has 2 aromatic rings. The lowest BCUT2D eigenvalue weighted by atomic mass is 9.77. The fourth-order valence-electron chi connectivity index (χ4n) is 2.39. The Balaban J connectivity index is 2.41. The van der Waals surface area contributed by atoms with E-state index in [1.165, 1.54) is 0 Å². The minimum atomic E-state index is -1.61. The highest BCUT2D eigenvalue weighted by Gasteiger charge is 2.37. The number of nitrogens with zero attached hydrogens (tertiary/aromatic N) is 2. The molecule has 1 aliphatic rings. The van der Waals surface area contributed by atoms with E-state index in [-0.39, 0.29) is 0 Å². The molecule has 1 atom stereocenters. The molecule has 3 rings (SSSR count). The summed E-state index contributed by atoms with van der Waals surface area (Å²) in [5.74, 6) is 0. The molecule has 0 bridgehead atoms. The Kier molecular flexibility index (Phi) is 2.16. The number of rotatable bonds is 0. The molecule has 4 nitrogen and oxygen atoms in total. The monoisotopic (exact) mass is 237 g/mol. The third-order valence-electron chi connectivity index (χ3n) is 3.37. The molecular weight excluding hydrogens is 225 g/mol. The number of hydrogen-bond acceptors (Lipinski definition) is 4. The van der Waals surface area contributed by atoms with Crippen LogP contribution >= 0.6 is 0 Å². The van der Waals surface area contributed by atoms with Crippen LogP contribution in [0.1, 0.15) is 5.56 Å². The molecular formula is C13H12BN3O. The summed E-state index contributed by atoms with van der Waals surface area (Å²) in [5.41, 5.74) is 7.76. The van der Waals surface area contributed by atoms with Crippen LogP contribution in [0.25, 0.3) is 11.3 Å². The normalized spacial score (nSPS) is 21.3. The first-order valence-corrected chi connectivity index (χ1v) is 5.63. The predicted molar refractivity (Wildman–Crippen MR) is 72.1 cm³/mol. The molecule has 0 saturated carbocycles. The van der Waals surface area contributed by atoms with Gasteiger partial charge < -0.3 is 15.7 Å². The molecule has 18 heavy (non-hydrogen) atoms. The molecule has 2 radical (unpaired) electrons. The van der Waals surface area contributed by atoms with Crippen LogP contribution in [-0.2, 0) is 5.62 Å². The van der Waals surface area contributed by atoms with Crippen molar-refractivity contribution in [2.45, 2.75) is 5.62 Å². The van der Waals surface area contributed by atoms with Crippen molar-refractivity contribution in [3.8, 4) is 11.3 Å². The van der Waals surface area contributed by atoms with Crippen LogP contribution in [-0.4, -0.2) is 25.0 Å². The first kappa shape index (κ1) is 11.1. The molecule has 2 heterocycles. The summed E-state index contributed by atoms with van der Waals surface area (Å²) in [4.78, 5) is 5.88. The van der Waals surface area contributed by atoms with Gasteiger partial charge in [-0.2, -0.15) is 0 Å². The van der Waals surface area contributed by atoms with Crippen LogP contribution in [0.15, 0.2) is 36.5 Å². The Morgan fingerprint density at radius 1 is 1.33 bits per heavy atom. The van der Waals surface area contributed by atoms with Gasteiger partial charge in [0.05, 0.1) is 17.1 Å². The van der Waals surface area contributed by atoms with Crippen molar-refractivity contribution in [2.24, 2.45) is 0 Å². The van der Waals surface area contributed by atoms with E-state index >= 15 is 0 Å². The van der Waals surface area contributed by atoms with E-state index in [1.54, 1.807) is 36.3 Å². The third kappa shape index (κ3) is 1.28. The Hall–Kier alpha value is -2.01. The van der Waals surface area contributed by atoms with Crippen LogP contribution in [0.3, 0.4) is 0 Å². The number of benzene rings is 1. The van der Waals surface area contributed by atoms with Crippen molar-refractivity contribution < 1.29 is 5.11 Å². The number of aromatic nitrogens is 1. The summed E-state index contributed by atoms with van der Waals surface area (Å²) >= 11 is 0. The van der Waals surface area contributed by atoms with Crippen molar-refractivity contribution >= 4 is 19.2 Å². The van der Waals surface area contributed by atoms with Crippen molar-refractivity contribution in [2.75, 3.05) is 17.7 Å². The van der Waals surface area contributed by atoms with Crippen molar-refractivity contribution in [1.82, 2.24) is 4.98 Å². The van der Waals surface area contributed by atoms with Gasteiger partial charge in [0.25, 0.3) is 0 Å². The van der Waals surface area contributed by atoms with Gasteiger partial charge in [-0.15, -0.1) is 0 Å². The van der Waals surface area contributed by atoms with Gasteiger partial charge in [-0.25, -0.2) is 0 Å². The van der Waals surface area contributed by atoms with Crippen molar-refractivity contribution in [3.05, 3.63) is 42.1 Å². The Labute approximate surface area is 106 Å². The number of anilines is 2. The molecule has 1 aliphatic heterocycles. The van der Waals surface area contributed by atoms with Gasteiger partial charge in [0.2, 0.25) is 0 Å². The second-order valence-electron chi connectivity index (χ2n) is 4.43. The molecule has 5 heteroatoms. The molecule has 1 aromatic heterocycles. The highest BCUT2D eigenvalue weighted by molar-refractivity contribution is 6.18. The van der Waals surface area contributed by atoms with Gasteiger partial charge in [-0.3, -0.25) is 4.98 Å². The first-order chi connectivity index (χ1) is 8.53. The number of para-hydroxylation sites is 1. The van der Waals surface area contributed by atoms with E-state index in [1.807, 2.05) is 12.1 Å². The number of nitrogen functional groups attached to an aromatic ring is 1. The molecule has 1 aromatic carbocycles. The zero-order valence-electron chi connectivity index (χ0n) is 9.96. The maximum absolute atomic E-state index is 10.5. The Morgan fingerprint density at radius 3 is 2.89 bits per heavy atom. The zero-order chi connectivity index (χ0) is 12.9. The molecule has 0 fully saturated rings. The Bertz CT molecular complexity index is 627. The minimum Gasteiger partial charge on any atom is -0.397 e. The fraction of sp³-hybridized carbons (Fsp3) is 0.154. The molecule has 88 valence electrons. The fourth-order valence-corrected chi connectivity index (χ4v) is 2.39. The second-order valence-corrected chi connectivity index (χ2v) is 4.43. The van der Waals surface area contributed by atoms with Gasteiger partial charge in [0, 0.05) is 24.4 Å². The lowest BCUT2D eigenvalue weighted by Gasteiger charge is -2.43. The molecule has 0 aliphatic carbocycles. The predicted octanol–water partition coefficient (Wildman–Crippen LogP) is 1.05. The number of fused-ring (bicyclic) bond motifs is 3. The minimum absolute atomic E-state index is 0.565. The van der Waals surface area contributed by atoms with Crippen LogP contribution in [0.2, 0.25) is 0 Å². The SMILES string of the molecule is [B]C1(O)c2cccnc2-c2cccc(N)c2N1C. The van der Waals surface area contributed by atoms with Gasteiger partial charge in [0.15, 0.2) is 7.85 Å². The molecule has 0 saturated heterocycles. The number of aliphatic hydroxyl groups is 1. The van der Waals surface area contributed by atoms with E-state index in [9.17, 15) is 5.11 Å². The van der Waals surface area contributed by atoms with Crippen LogP contribution in [0.5, 0.6) is 0 Å². The highest BCUT2D eigenvalue weighted by Crippen LogP contribution is 2.45. The number of pyridine rings is 1. The summed E-state index contributed by atoms with van der Waals surface area (Å²) < 4.78 is 0. The van der Waals surface area contributed by atoms with Crippen molar-refractivity contribution in [3.63, 3.8) is 0 Å². The molecule has 1 unspecified atom stereocenters. The smallest absolute Gasteiger partial charge is 0.151 e. The first-order valence-electron chi connectivity index (χ1n) is 5.63. The highest BCUT2D eigenvalue weighted by atomic mass is 16.3. The second kappa shape index (κ2) is 3.49. The third-order valence-corrected chi connectivity index (χ3v) is 3.37. The van der Waals surface area contributed by atoms with E-state index in [2.05, 4.69) is 4.98 Å². The summed E-state index contributed by atoms with van der Waals surface area (Å²) in [5, 5.41) is 10.5. The van der Waals surface area contributed by atoms with E-state index < -0.39 is 5.62 Å². The average Bonchev–Trinajstić information content (AvgIpc) is 2.36. The molecule has 3 N–H and O–H groups in total. The van der Waals surface area contributed by atoms with E-state index in [0.29, 0.717) is 22.6 Å². The topological polar surface area (TPSA) is 62.4 Å². The zero-order valence-corrected chi connectivity index (χ0v) is 9.96. The molecule has 0 spiro atoms. The summed E-state index contributed by atoms with van der Waals surface area (Å²) in [6.07, 6.45) is 1.67. The van der Waals surface area contributed by atoms with E-state index in [4.69, 9.17) is 13.6 Å². The lowest BCUT2D eigenvalue weighted by Crippen LogP contribution is -2.47.